The van der Waals surface area contributed by atoms with Gasteiger partial charge < -0.3 is 14.6 Å². The van der Waals surface area contributed by atoms with Crippen molar-refractivity contribution in [2.45, 2.75) is 12.7 Å². The minimum Gasteiger partial charge on any atom is -0.478 e. The molecule has 1 aromatic rings. The quantitative estimate of drug-likeness (QED) is 0.667. The SMILES string of the molecule is O=C(O)c1ccc(CN2CCOCC2)cc1OC(=O)C(F)(F)F. The van der Waals surface area contributed by atoms with E-state index in [4.69, 9.17) is 9.84 Å². The Morgan fingerprint density at radius 2 is 1.91 bits per heavy atom. The lowest BCUT2D eigenvalue weighted by atomic mass is 10.1. The molecule has 1 fully saturated rings. The molecule has 0 bridgehead atoms. The number of hydrogen-bond donors (Lipinski definition) is 1. The summed E-state index contributed by atoms with van der Waals surface area (Å²) in [5.41, 5.74) is 0.0372. The van der Waals surface area contributed by atoms with Crippen LogP contribution in [-0.2, 0) is 16.1 Å². The molecule has 0 amide bonds. The highest BCUT2D eigenvalue weighted by atomic mass is 19.4. The fourth-order valence-electron chi connectivity index (χ4n) is 2.10. The maximum atomic E-state index is 12.3. The Balaban J connectivity index is 2.21. The van der Waals surface area contributed by atoms with E-state index in [9.17, 15) is 22.8 Å². The highest BCUT2D eigenvalue weighted by molar-refractivity contribution is 5.92. The first-order valence-electron chi connectivity index (χ1n) is 6.72. The number of esters is 1. The number of carboxylic acids is 1. The Labute approximate surface area is 129 Å². The van der Waals surface area contributed by atoms with E-state index in [1.165, 1.54) is 6.07 Å². The second kappa shape index (κ2) is 6.97. The minimum absolute atomic E-state index is 0.389. The summed E-state index contributed by atoms with van der Waals surface area (Å²) in [6, 6.07) is 3.74. The zero-order chi connectivity index (χ0) is 17.0. The Morgan fingerprint density at radius 1 is 1.26 bits per heavy atom. The van der Waals surface area contributed by atoms with Crippen molar-refractivity contribution in [3.8, 4) is 5.75 Å². The minimum atomic E-state index is -5.20. The molecule has 2 rings (SSSR count). The predicted molar refractivity (Wildman–Crippen MR) is 71.2 cm³/mol. The third-order valence-corrected chi connectivity index (χ3v) is 3.22. The smallest absolute Gasteiger partial charge is 0.478 e. The van der Waals surface area contributed by atoms with Gasteiger partial charge in [-0.3, -0.25) is 4.90 Å². The number of benzene rings is 1. The average Bonchev–Trinajstić information content (AvgIpc) is 2.47. The van der Waals surface area contributed by atoms with Crippen LogP contribution in [0.25, 0.3) is 0 Å². The van der Waals surface area contributed by atoms with Crippen molar-refractivity contribution in [3.05, 3.63) is 29.3 Å². The summed E-state index contributed by atoms with van der Waals surface area (Å²) in [6.45, 7) is 2.78. The third-order valence-electron chi connectivity index (χ3n) is 3.22. The average molecular weight is 333 g/mol. The third kappa shape index (κ3) is 4.67. The number of nitrogens with zero attached hydrogens (tertiary/aromatic N) is 1. The summed E-state index contributed by atoms with van der Waals surface area (Å²) >= 11 is 0. The van der Waals surface area contributed by atoms with Crippen molar-refractivity contribution >= 4 is 11.9 Å². The van der Waals surface area contributed by atoms with Crippen molar-refractivity contribution in [1.82, 2.24) is 4.90 Å². The number of hydrogen-bond acceptors (Lipinski definition) is 5. The summed E-state index contributed by atoms with van der Waals surface area (Å²) in [4.78, 5) is 24.0. The number of carbonyl (C=O) groups is 2. The molecule has 1 saturated heterocycles. The zero-order valence-corrected chi connectivity index (χ0v) is 11.9. The molecule has 0 aromatic heterocycles. The largest absolute Gasteiger partial charge is 0.491 e. The van der Waals surface area contributed by atoms with Gasteiger partial charge in [-0.05, 0) is 17.7 Å². The van der Waals surface area contributed by atoms with Crippen molar-refractivity contribution < 1.29 is 37.3 Å². The molecule has 0 radical (unpaired) electrons. The maximum absolute atomic E-state index is 12.3. The Bertz CT molecular complexity index is 597. The van der Waals surface area contributed by atoms with E-state index in [0.717, 1.165) is 12.1 Å². The maximum Gasteiger partial charge on any atom is 0.491 e. The lowest BCUT2D eigenvalue weighted by Crippen LogP contribution is -2.35. The topological polar surface area (TPSA) is 76.1 Å². The molecule has 0 spiro atoms. The number of carbonyl (C=O) groups excluding carboxylic acids is 1. The van der Waals surface area contributed by atoms with Crippen molar-refractivity contribution in [1.29, 1.82) is 0 Å². The van der Waals surface area contributed by atoms with E-state index in [2.05, 4.69) is 4.74 Å². The van der Waals surface area contributed by atoms with E-state index in [-0.39, 0.29) is 0 Å². The number of carboxylic acid groups (broad SMARTS) is 1. The molecule has 1 N–H and O–H groups in total. The number of aromatic carboxylic acids is 1. The second-order valence-corrected chi connectivity index (χ2v) is 4.91. The molecule has 6 nitrogen and oxygen atoms in total. The van der Waals surface area contributed by atoms with Gasteiger partial charge in [-0.25, -0.2) is 9.59 Å². The van der Waals surface area contributed by atoms with Crippen LogP contribution in [0.4, 0.5) is 13.2 Å². The standard InChI is InChI=1S/C14H14F3NO5/c15-14(16,17)13(21)23-11-7-9(1-2-10(11)12(19)20)8-18-3-5-22-6-4-18/h1-2,7H,3-6,8H2,(H,19,20). The van der Waals surface area contributed by atoms with Gasteiger partial charge in [0.15, 0.2) is 0 Å². The van der Waals surface area contributed by atoms with Gasteiger partial charge in [0.2, 0.25) is 0 Å². The first kappa shape index (κ1) is 17.2. The van der Waals surface area contributed by atoms with E-state index >= 15 is 0 Å². The summed E-state index contributed by atoms with van der Waals surface area (Å²) < 4.78 is 46.3. The number of morpholine rings is 1. The number of halogens is 3. The lowest BCUT2D eigenvalue weighted by molar-refractivity contribution is -0.189. The molecule has 23 heavy (non-hydrogen) atoms. The van der Waals surface area contributed by atoms with Crippen LogP contribution < -0.4 is 4.74 Å². The molecule has 9 heteroatoms. The van der Waals surface area contributed by atoms with Crippen LogP contribution in [-0.4, -0.2) is 54.4 Å². The fourth-order valence-corrected chi connectivity index (χ4v) is 2.10. The fraction of sp³-hybridized carbons (Fsp3) is 0.429. The molecule has 0 unspecified atom stereocenters. The summed E-state index contributed by atoms with van der Waals surface area (Å²) in [6.07, 6.45) is -5.20. The van der Waals surface area contributed by atoms with Gasteiger partial charge in [-0.1, -0.05) is 6.07 Å². The van der Waals surface area contributed by atoms with Gasteiger partial charge in [-0.2, -0.15) is 13.2 Å². The van der Waals surface area contributed by atoms with Crippen molar-refractivity contribution in [2.75, 3.05) is 26.3 Å². The Hall–Kier alpha value is -2.13. The summed E-state index contributed by atoms with van der Waals surface area (Å²) in [7, 11) is 0. The van der Waals surface area contributed by atoms with Gasteiger partial charge >= 0.3 is 18.1 Å². The van der Waals surface area contributed by atoms with Gasteiger partial charge in [-0.15, -0.1) is 0 Å². The van der Waals surface area contributed by atoms with Gasteiger partial charge in [0.25, 0.3) is 0 Å². The van der Waals surface area contributed by atoms with Crippen LogP contribution in [0.15, 0.2) is 18.2 Å². The molecule has 1 heterocycles. The van der Waals surface area contributed by atoms with E-state index in [0.29, 0.717) is 38.4 Å². The summed E-state index contributed by atoms with van der Waals surface area (Å²) in [5, 5.41) is 8.99. The van der Waals surface area contributed by atoms with Crippen molar-refractivity contribution in [3.63, 3.8) is 0 Å². The van der Waals surface area contributed by atoms with Gasteiger partial charge in [0.1, 0.15) is 11.3 Å². The van der Waals surface area contributed by atoms with Gasteiger partial charge in [0.05, 0.1) is 13.2 Å². The van der Waals surface area contributed by atoms with E-state index in [1.54, 1.807) is 0 Å². The zero-order valence-electron chi connectivity index (χ0n) is 11.9. The molecular formula is C14H14F3NO5. The molecule has 1 aliphatic heterocycles. The van der Waals surface area contributed by atoms with Crippen LogP contribution in [0.5, 0.6) is 5.75 Å². The van der Waals surface area contributed by atoms with Crippen molar-refractivity contribution in [2.24, 2.45) is 0 Å². The molecular weight excluding hydrogens is 319 g/mol. The molecule has 126 valence electrons. The predicted octanol–water partition coefficient (Wildman–Crippen LogP) is 1.68. The van der Waals surface area contributed by atoms with Crippen LogP contribution in [0, 0.1) is 0 Å². The molecule has 0 atom stereocenters. The number of rotatable bonds is 4. The monoisotopic (exact) mass is 333 g/mol. The molecule has 1 aromatic carbocycles. The second-order valence-electron chi connectivity index (χ2n) is 4.91. The normalized spacial score (nSPS) is 16.1. The lowest BCUT2D eigenvalue weighted by Gasteiger charge is -2.26. The van der Waals surface area contributed by atoms with E-state index in [1.807, 2.05) is 4.90 Å². The van der Waals surface area contributed by atoms with E-state index < -0.39 is 29.4 Å². The van der Waals surface area contributed by atoms with Crippen LogP contribution >= 0.6 is 0 Å². The number of alkyl halides is 3. The van der Waals surface area contributed by atoms with Crippen LogP contribution in [0.3, 0.4) is 0 Å². The van der Waals surface area contributed by atoms with Crippen LogP contribution in [0.2, 0.25) is 0 Å². The first-order chi connectivity index (χ1) is 10.8. The molecule has 0 aliphatic carbocycles. The first-order valence-corrected chi connectivity index (χ1v) is 6.72. The molecule has 1 aliphatic rings. The Morgan fingerprint density at radius 3 is 2.48 bits per heavy atom. The van der Waals surface area contributed by atoms with Gasteiger partial charge in [0, 0.05) is 19.6 Å². The highest BCUT2D eigenvalue weighted by Gasteiger charge is 2.42. The van der Waals surface area contributed by atoms with Crippen LogP contribution in [0.1, 0.15) is 15.9 Å². The molecule has 0 saturated carbocycles. The Kier molecular flexibility index (Phi) is 5.22. The number of ether oxygens (including phenoxy) is 2. The summed E-state index contributed by atoms with van der Waals surface area (Å²) in [5.74, 6) is -4.55. The highest BCUT2D eigenvalue weighted by Crippen LogP contribution is 2.25.